The second kappa shape index (κ2) is 14.0. The van der Waals surface area contributed by atoms with E-state index in [0.717, 1.165) is 51.6 Å². The predicted octanol–water partition coefficient (Wildman–Crippen LogP) is 8.07. The Hall–Kier alpha value is -3.90. The van der Waals surface area contributed by atoms with E-state index in [-0.39, 0.29) is 17.0 Å². The molecule has 1 N–H and O–H groups in total. The van der Waals surface area contributed by atoms with Gasteiger partial charge in [0, 0.05) is 35.4 Å². The maximum atomic E-state index is 14.3. The van der Waals surface area contributed by atoms with Crippen LogP contribution in [-0.4, -0.2) is 23.9 Å². The van der Waals surface area contributed by atoms with Crippen LogP contribution in [0.4, 0.5) is 15.8 Å². The van der Waals surface area contributed by atoms with Crippen molar-refractivity contribution in [3.63, 3.8) is 0 Å². The molecule has 3 aromatic rings. The summed E-state index contributed by atoms with van der Waals surface area (Å²) in [6, 6.07) is 17.1. The quantitative estimate of drug-likeness (QED) is 0.242. The molecule has 0 aliphatic carbocycles. The molecular weight excluding hydrogens is 463 g/mol. The number of carbonyl (C=O) groups excluding carboxylic acids is 1. The number of nitrogens with one attached hydrogen (secondary N) is 1. The SMILES string of the molecule is CCCCCCN(CCCCCC)C(=O)c1ccc(Nc2cc(F)cc3cc(C#N)c(C#N)cc23)cc1. The minimum Gasteiger partial charge on any atom is -0.355 e. The highest BCUT2D eigenvalue weighted by molar-refractivity contribution is 5.98. The first-order chi connectivity index (χ1) is 18.0. The molecule has 0 saturated carbocycles. The van der Waals surface area contributed by atoms with E-state index >= 15 is 0 Å². The van der Waals surface area contributed by atoms with E-state index in [2.05, 4.69) is 19.2 Å². The molecule has 0 spiro atoms. The van der Waals surface area contributed by atoms with Crippen molar-refractivity contribution in [3.05, 3.63) is 71.0 Å². The molecule has 5 nitrogen and oxygen atoms in total. The highest BCUT2D eigenvalue weighted by atomic mass is 19.1. The van der Waals surface area contributed by atoms with E-state index in [1.54, 1.807) is 18.2 Å². The molecule has 1 amide bonds. The van der Waals surface area contributed by atoms with Crippen LogP contribution in [0, 0.1) is 28.5 Å². The standard InChI is InChI=1S/C31H35FN4O/c1-3-5-7-9-15-36(16-10-8-6-4-2)31(37)23-11-13-28(14-12-23)35-30-20-27(32)18-24-17-25(21-33)26(22-34)19-29(24)30/h11-14,17-20,35H,3-10,15-16H2,1-2H3. The number of unbranched alkanes of at least 4 members (excludes halogenated alkanes) is 6. The van der Waals surface area contributed by atoms with Gasteiger partial charge in [-0.25, -0.2) is 4.39 Å². The Morgan fingerprint density at radius 2 is 1.43 bits per heavy atom. The van der Waals surface area contributed by atoms with Crippen molar-refractivity contribution in [2.75, 3.05) is 18.4 Å². The fraction of sp³-hybridized carbons (Fsp3) is 0.387. The minimum absolute atomic E-state index is 0.0402. The molecule has 0 aliphatic rings. The smallest absolute Gasteiger partial charge is 0.253 e. The molecule has 0 saturated heterocycles. The highest BCUT2D eigenvalue weighted by Crippen LogP contribution is 2.30. The van der Waals surface area contributed by atoms with Crippen molar-refractivity contribution >= 4 is 28.1 Å². The Morgan fingerprint density at radius 1 is 0.838 bits per heavy atom. The van der Waals surface area contributed by atoms with Crippen LogP contribution in [0.3, 0.4) is 0 Å². The van der Waals surface area contributed by atoms with Crippen molar-refractivity contribution in [1.82, 2.24) is 4.90 Å². The molecule has 0 aliphatic heterocycles. The Balaban J connectivity index is 1.78. The summed E-state index contributed by atoms with van der Waals surface area (Å²) in [5.41, 5.74) is 2.27. The molecule has 0 aromatic heterocycles. The summed E-state index contributed by atoms with van der Waals surface area (Å²) in [4.78, 5) is 15.3. The van der Waals surface area contributed by atoms with Gasteiger partial charge in [-0.15, -0.1) is 0 Å². The summed E-state index contributed by atoms with van der Waals surface area (Å²) in [5.74, 6) is -0.407. The summed E-state index contributed by atoms with van der Waals surface area (Å²) in [6.07, 6.45) is 8.97. The zero-order chi connectivity index (χ0) is 26.6. The minimum atomic E-state index is -0.447. The number of hydrogen-bond acceptors (Lipinski definition) is 4. The number of amides is 1. The van der Waals surface area contributed by atoms with E-state index in [9.17, 15) is 19.7 Å². The second-order valence-electron chi connectivity index (χ2n) is 9.41. The van der Waals surface area contributed by atoms with Gasteiger partial charge < -0.3 is 10.2 Å². The molecule has 0 radical (unpaired) electrons. The predicted molar refractivity (Wildman–Crippen MR) is 147 cm³/mol. The number of benzene rings is 3. The number of fused-ring (bicyclic) bond motifs is 1. The summed E-state index contributed by atoms with van der Waals surface area (Å²) < 4.78 is 14.3. The highest BCUT2D eigenvalue weighted by Gasteiger charge is 2.16. The largest absolute Gasteiger partial charge is 0.355 e. The van der Waals surface area contributed by atoms with Crippen LogP contribution < -0.4 is 5.32 Å². The first-order valence-corrected chi connectivity index (χ1v) is 13.2. The Labute approximate surface area is 219 Å². The summed E-state index contributed by atoms with van der Waals surface area (Å²) in [7, 11) is 0. The second-order valence-corrected chi connectivity index (χ2v) is 9.41. The fourth-order valence-electron chi connectivity index (χ4n) is 4.47. The third-order valence-electron chi connectivity index (χ3n) is 6.56. The zero-order valence-corrected chi connectivity index (χ0v) is 21.8. The molecule has 0 atom stereocenters. The maximum Gasteiger partial charge on any atom is 0.253 e. The van der Waals surface area contributed by atoms with Crippen molar-refractivity contribution < 1.29 is 9.18 Å². The van der Waals surface area contributed by atoms with E-state index in [1.165, 1.54) is 31.0 Å². The van der Waals surface area contributed by atoms with E-state index in [1.807, 2.05) is 29.2 Å². The lowest BCUT2D eigenvalue weighted by atomic mass is 10.0. The first kappa shape index (κ1) is 27.7. The van der Waals surface area contributed by atoms with Gasteiger partial charge in [-0.1, -0.05) is 52.4 Å². The lowest BCUT2D eigenvalue weighted by molar-refractivity contribution is 0.0749. The third kappa shape index (κ3) is 7.54. The average Bonchev–Trinajstić information content (AvgIpc) is 2.91. The van der Waals surface area contributed by atoms with Crippen molar-refractivity contribution in [3.8, 4) is 12.1 Å². The average molecular weight is 499 g/mol. The van der Waals surface area contributed by atoms with Crippen molar-refractivity contribution in [1.29, 1.82) is 10.5 Å². The summed E-state index contributed by atoms with van der Waals surface area (Å²) in [6.45, 7) is 5.90. The van der Waals surface area contributed by atoms with Crippen LogP contribution in [0.2, 0.25) is 0 Å². The monoisotopic (exact) mass is 498 g/mol. The van der Waals surface area contributed by atoms with Gasteiger partial charge in [0.15, 0.2) is 0 Å². The number of carbonyl (C=O) groups is 1. The molecule has 6 heteroatoms. The van der Waals surface area contributed by atoms with E-state index in [4.69, 9.17) is 0 Å². The fourth-order valence-corrected chi connectivity index (χ4v) is 4.47. The van der Waals surface area contributed by atoms with Crippen molar-refractivity contribution in [2.45, 2.75) is 65.2 Å². The van der Waals surface area contributed by atoms with Gasteiger partial charge in [0.05, 0.1) is 11.1 Å². The van der Waals surface area contributed by atoms with Gasteiger partial charge >= 0.3 is 0 Å². The van der Waals surface area contributed by atoms with Crippen LogP contribution in [0.5, 0.6) is 0 Å². The first-order valence-electron chi connectivity index (χ1n) is 13.2. The van der Waals surface area contributed by atoms with E-state index in [0.29, 0.717) is 27.7 Å². The summed E-state index contributed by atoms with van der Waals surface area (Å²) in [5, 5.41) is 23.1. The van der Waals surface area contributed by atoms with Gasteiger partial charge in [0.25, 0.3) is 5.91 Å². The van der Waals surface area contributed by atoms with Gasteiger partial charge in [-0.2, -0.15) is 10.5 Å². The summed E-state index contributed by atoms with van der Waals surface area (Å²) >= 11 is 0. The number of nitriles is 2. The van der Waals surface area contributed by atoms with Crippen LogP contribution in [-0.2, 0) is 0 Å². The van der Waals surface area contributed by atoms with Crippen LogP contribution in [0.1, 0.15) is 86.7 Å². The number of anilines is 2. The lowest BCUT2D eigenvalue weighted by Gasteiger charge is -2.23. The van der Waals surface area contributed by atoms with Gasteiger partial charge in [0.2, 0.25) is 0 Å². The Morgan fingerprint density at radius 3 is 2.00 bits per heavy atom. The Bertz CT molecular complexity index is 1280. The molecule has 3 rings (SSSR count). The number of nitrogens with zero attached hydrogens (tertiary/aromatic N) is 3. The molecule has 0 heterocycles. The molecule has 3 aromatic carbocycles. The molecule has 0 bridgehead atoms. The van der Waals surface area contributed by atoms with Crippen LogP contribution in [0.25, 0.3) is 10.8 Å². The lowest BCUT2D eigenvalue weighted by Crippen LogP contribution is -2.33. The zero-order valence-electron chi connectivity index (χ0n) is 21.8. The van der Waals surface area contributed by atoms with Crippen LogP contribution in [0.15, 0.2) is 48.5 Å². The maximum absolute atomic E-state index is 14.3. The molecular formula is C31H35FN4O. The molecule has 0 unspecified atom stereocenters. The molecule has 0 fully saturated rings. The Kier molecular flexibility index (Phi) is 10.5. The van der Waals surface area contributed by atoms with E-state index < -0.39 is 5.82 Å². The van der Waals surface area contributed by atoms with Crippen LogP contribution >= 0.6 is 0 Å². The van der Waals surface area contributed by atoms with Gasteiger partial charge in [-0.05, 0) is 66.8 Å². The molecule has 37 heavy (non-hydrogen) atoms. The number of hydrogen-bond donors (Lipinski definition) is 1. The normalized spacial score (nSPS) is 10.6. The number of rotatable bonds is 13. The van der Waals surface area contributed by atoms with Gasteiger partial charge in [-0.3, -0.25) is 4.79 Å². The number of halogens is 1. The molecule has 192 valence electrons. The third-order valence-corrected chi connectivity index (χ3v) is 6.56. The van der Waals surface area contributed by atoms with Crippen molar-refractivity contribution in [2.24, 2.45) is 0 Å². The topological polar surface area (TPSA) is 79.9 Å². The van der Waals surface area contributed by atoms with Gasteiger partial charge in [0.1, 0.15) is 18.0 Å².